The minimum Gasteiger partial charge on any atom is -0.226 e. The van der Waals surface area contributed by atoms with Crippen molar-refractivity contribution < 1.29 is 0 Å². The fourth-order valence-electron chi connectivity index (χ4n) is 1.16. The molecular formula is C13H7BrClN. The van der Waals surface area contributed by atoms with Crippen molar-refractivity contribution in [3.8, 4) is 11.8 Å². The Morgan fingerprint density at radius 1 is 1.00 bits per heavy atom. The zero-order valence-corrected chi connectivity index (χ0v) is 10.6. The van der Waals surface area contributed by atoms with E-state index in [0.717, 1.165) is 10.0 Å². The fraction of sp³-hybridized carbons (Fsp3) is 0. The van der Waals surface area contributed by atoms with E-state index in [-0.39, 0.29) is 0 Å². The van der Waals surface area contributed by atoms with E-state index in [9.17, 15) is 0 Å². The van der Waals surface area contributed by atoms with Gasteiger partial charge in [-0.25, -0.2) is 4.98 Å². The first-order valence-corrected chi connectivity index (χ1v) is 5.82. The predicted molar refractivity (Wildman–Crippen MR) is 69.4 cm³/mol. The maximum Gasteiger partial charge on any atom is 0.130 e. The summed E-state index contributed by atoms with van der Waals surface area (Å²) in [6.45, 7) is 0. The van der Waals surface area contributed by atoms with E-state index < -0.39 is 0 Å². The summed E-state index contributed by atoms with van der Waals surface area (Å²) in [6, 6.07) is 13.3. The highest BCUT2D eigenvalue weighted by Crippen LogP contribution is 2.16. The average Bonchev–Trinajstić information content (AvgIpc) is 2.32. The van der Waals surface area contributed by atoms with Crippen molar-refractivity contribution in [1.29, 1.82) is 0 Å². The average molecular weight is 293 g/mol. The van der Waals surface area contributed by atoms with Gasteiger partial charge in [0.15, 0.2) is 0 Å². The zero-order chi connectivity index (χ0) is 11.4. The minimum absolute atomic E-state index is 0.445. The van der Waals surface area contributed by atoms with Crippen molar-refractivity contribution in [3.05, 3.63) is 63.3 Å². The number of nitrogens with zero attached hydrogens (tertiary/aromatic N) is 1. The summed E-state index contributed by atoms with van der Waals surface area (Å²) in [5.41, 5.74) is 1.60. The summed E-state index contributed by atoms with van der Waals surface area (Å²) < 4.78 is 0.848. The van der Waals surface area contributed by atoms with Crippen molar-refractivity contribution in [1.82, 2.24) is 4.98 Å². The Labute approximate surface area is 108 Å². The first-order chi connectivity index (χ1) is 7.75. The van der Waals surface area contributed by atoms with E-state index in [1.807, 2.05) is 36.4 Å². The lowest BCUT2D eigenvalue weighted by Gasteiger charge is -1.95. The van der Waals surface area contributed by atoms with Crippen LogP contribution in [0.4, 0.5) is 0 Å². The quantitative estimate of drug-likeness (QED) is 0.530. The molecule has 2 aromatic rings. The van der Waals surface area contributed by atoms with E-state index in [0.29, 0.717) is 10.8 Å². The fourth-order valence-corrected chi connectivity index (χ4v) is 1.63. The maximum absolute atomic E-state index is 5.80. The van der Waals surface area contributed by atoms with Gasteiger partial charge in [-0.05, 0) is 46.1 Å². The first kappa shape index (κ1) is 11.2. The number of pyridine rings is 1. The van der Waals surface area contributed by atoms with Crippen LogP contribution in [0.1, 0.15) is 11.3 Å². The van der Waals surface area contributed by atoms with E-state index in [1.54, 1.807) is 6.07 Å². The normalized spacial score (nSPS) is 9.38. The largest absolute Gasteiger partial charge is 0.226 e. The highest BCUT2D eigenvalue weighted by molar-refractivity contribution is 9.10. The topological polar surface area (TPSA) is 12.9 Å². The number of benzene rings is 1. The summed E-state index contributed by atoms with van der Waals surface area (Å²) in [5.74, 6) is 6.01. The third-order valence-electron chi connectivity index (χ3n) is 1.91. The Morgan fingerprint density at radius 3 is 2.50 bits per heavy atom. The highest BCUT2D eigenvalue weighted by Gasteiger charge is 1.98. The smallest absolute Gasteiger partial charge is 0.130 e. The summed E-state index contributed by atoms with van der Waals surface area (Å²) in [7, 11) is 0. The molecule has 3 heteroatoms. The Bertz CT molecular complexity index is 555. The molecule has 0 aliphatic carbocycles. The molecule has 0 atom stereocenters. The van der Waals surface area contributed by atoms with E-state index in [2.05, 4.69) is 32.8 Å². The first-order valence-electron chi connectivity index (χ1n) is 4.65. The van der Waals surface area contributed by atoms with Crippen LogP contribution in [0.5, 0.6) is 0 Å². The highest BCUT2D eigenvalue weighted by atomic mass is 79.9. The van der Waals surface area contributed by atoms with Crippen molar-refractivity contribution in [2.45, 2.75) is 0 Å². The van der Waals surface area contributed by atoms with Gasteiger partial charge in [0.2, 0.25) is 0 Å². The van der Waals surface area contributed by atoms with Crippen molar-refractivity contribution >= 4 is 27.5 Å². The monoisotopic (exact) mass is 291 g/mol. The number of halogens is 2. The lowest BCUT2D eigenvalue weighted by molar-refractivity contribution is 1.27. The van der Waals surface area contributed by atoms with Gasteiger partial charge < -0.3 is 0 Å². The maximum atomic E-state index is 5.80. The van der Waals surface area contributed by atoms with Gasteiger partial charge in [0.25, 0.3) is 0 Å². The van der Waals surface area contributed by atoms with Gasteiger partial charge in [-0.2, -0.15) is 0 Å². The number of aromatic nitrogens is 1. The summed E-state index contributed by atoms with van der Waals surface area (Å²) in [5, 5.41) is 0.445. The molecular weight excluding hydrogens is 286 g/mol. The van der Waals surface area contributed by atoms with Crippen LogP contribution in [0.25, 0.3) is 0 Å². The number of rotatable bonds is 0. The second kappa shape index (κ2) is 5.16. The number of hydrogen-bond acceptors (Lipinski definition) is 1. The standard InChI is InChI=1S/C13H7BrClN/c14-11-7-9-13(15)16-12(11)8-6-10-4-2-1-3-5-10/h1-5,7,9H. The molecule has 16 heavy (non-hydrogen) atoms. The second-order valence-corrected chi connectivity index (χ2v) is 4.32. The summed E-state index contributed by atoms with van der Waals surface area (Å²) >= 11 is 9.18. The van der Waals surface area contributed by atoms with Gasteiger partial charge >= 0.3 is 0 Å². The Morgan fingerprint density at radius 2 is 1.75 bits per heavy atom. The molecule has 0 aliphatic rings. The molecule has 1 nitrogen and oxygen atoms in total. The van der Waals surface area contributed by atoms with Crippen LogP contribution in [0.2, 0.25) is 5.15 Å². The molecule has 0 aliphatic heterocycles. The van der Waals surface area contributed by atoms with Gasteiger partial charge in [-0.3, -0.25) is 0 Å². The van der Waals surface area contributed by atoms with Gasteiger partial charge in [0.1, 0.15) is 10.8 Å². The van der Waals surface area contributed by atoms with Gasteiger partial charge in [0, 0.05) is 5.56 Å². The van der Waals surface area contributed by atoms with Gasteiger partial charge in [-0.15, -0.1) is 0 Å². The van der Waals surface area contributed by atoms with Gasteiger partial charge in [-0.1, -0.05) is 35.7 Å². The van der Waals surface area contributed by atoms with Crippen LogP contribution in [0.3, 0.4) is 0 Å². The number of hydrogen-bond donors (Lipinski definition) is 0. The third kappa shape index (κ3) is 2.85. The molecule has 78 valence electrons. The lowest BCUT2D eigenvalue weighted by atomic mass is 10.2. The molecule has 0 saturated carbocycles. The summed E-state index contributed by atoms with van der Waals surface area (Å²) in [6.07, 6.45) is 0. The molecule has 0 unspecified atom stereocenters. The Balaban J connectivity index is 2.34. The van der Waals surface area contributed by atoms with E-state index >= 15 is 0 Å². The van der Waals surface area contributed by atoms with Crippen molar-refractivity contribution in [3.63, 3.8) is 0 Å². The van der Waals surface area contributed by atoms with Gasteiger partial charge in [0.05, 0.1) is 4.47 Å². The molecule has 0 bridgehead atoms. The molecule has 1 aromatic carbocycles. The van der Waals surface area contributed by atoms with Crippen LogP contribution < -0.4 is 0 Å². The summed E-state index contributed by atoms with van der Waals surface area (Å²) in [4.78, 5) is 4.13. The lowest BCUT2D eigenvalue weighted by Crippen LogP contribution is -1.84. The molecule has 0 saturated heterocycles. The molecule has 0 amide bonds. The second-order valence-electron chi connectivity index (χ2n) is 3.08. The van der Waals surface area contributed by atoms with Crippen LogP contribution in [0, 0.1) is 11.8 Å². The molecule has 2 rings (SSSR count). The van der Waals surface area contributed by atoms with Crippen molar-refractivity contribution in [2.75, 3.05) is 0 Å². The molecule has 0 N–H and O–H groups in total. The van der Waals surface area contributed by atoms with Crippen molar-refractivity contribution in [2.24, 2.45) is 0 Å². The van der Waals surface area contributed by atoms with Crippen LogP contribution >= 0.6 is 27.5 Å². The van der Waals surface area contributed by atoms with E-state index in [4.69, 9.17) is 11.6 Å². The van der Waals surface area contributed by atoms with E-state index in [1.165, 1.54) is 0 Å². The molecule has 0 radical (unpaired) electrons. The van der Waals surface area contributed by atoms with Crippen LogP contribution in [-0.4, -0.2) is 4.98 Å². The molecule has 1 heterocycles. The van der Waals surface area contributed by atoms with Crippen LogP contribution in [0.15, 0.2) is 46.9 Å². The van der Waals surface area contributed by atoms with Crippen LogP contribution in [-0.2, 0) is 0 Å². The molecule has 1 aromatic heterocycles. The predicted octanol–water partition coefficient (Wildman–Crippen LogP) is 3.90. The zero-order valence-electron chi connectivity index (χ0n) is 8.24. The molecule has 0 fully saturated rings. The minimum atomic E-state index is 0.445. The Kier molecular flexibility index (Phi) is 3.61. The molecule has 0 spiro atoms. The third-order valence-corrected chi connectivity index (χ3v) is 2.76. The Hall–Kier alpha value is -1.30. The SMILES string of the molecule is Clc1ccc(Br)c(C#Cc2ccccc2)n1.